The molecule has 8 nitrogen and oxygen atoms in total. The van der Waals surface area contributed by atoms with Crippen LogP contribution in [0.25, 0.3) is 0 Å². The molecule has 0 aromatic rings. The fraction of sp³-hybridized carbons (Fsp3) is 0.947. The quantitative estimate of drug-likeness (QED) is 0.199. The smallest absolute Gasteiger partial charge is 0.308 e. The topological polar surface area (TPSA) is 89.5 Å². The average molecular weight is 713 g/mol. The van der Waals surface area contributed by atoms with E-state index in [1.807, 2.05) is 13.8 Å². The molecule has 0 saturated carbocycles. The summed E-state index contributed by atoms with van der Waals surface area (Å²) in [5, 5.41) is 0.0785. The molecule has 0 aliphatic carbocycles. The minimum atomic E-state index is -2.13. The van der Waals surface area contributed by atoms with Crippen LogP contribution < -0.4 is 0 Å². The van der Waals surface area contributed by atoms with Crippen molar-refractivity contribution in [1.29, 1.82) is 0 Å². The maximum absolute atomic E-state index is 13.7. The molecule has 0 unspecified atom stereocenters. The predicted molar refractivity (Wildman–Crippen MR) is 197 cm³/mol. The van der Waals surface area contributed by atoms with Crippen LogP contribution in [0.3, 0.4) is 0 Å². The highest BCUT2D eigenvalue weighted by molar-refractivity contribution is 6.74. The van der Waals surface area contributed by atoms with Crippen molar-refractivity contribution in [3.63, 3.8) is 0 Å². The van der Waals surface area contributed by atoms with Gasteiger partial charge in [-0.05, 0) is 61.9 Å². The summed E-state index contributed by atoms with van der Waals surface area (Å²) in [6.07, 6.45) is 2.04. The van der Waals surface area contributed by atoms with E-state index in [0.29, 0.717) is 38.5 Å². The van der Waals surface area contributed by atoms with E-state index in [-0.39, 0.29) is 71.5 Å². The fourth-order valence-corrected chi connectivity index (χ4v) is 9.70. The maximum atomic E-state index is 13.7. The highest BCUT2D eigenvalue weighted by Gasteiger charge is 2.53. The summed E-state index contributed by atoms with van der Waals surface area (Å²) in [6.45, 7) is 35.4. The lowest BCUT2D eigenvalue weighted by atomic mass is 9.74. The Hall–Kier alpha value is -0.786. The number of hydrogen-bond acceptors (Lipinski definition) is 8. The summed E-state index contributed by atoms with van der Waals surface area (Å²) in [6, 6.07) is 0. The van der Waals surface area contributed by atoms with Crippen molar-refractivity contribution >= 4 is 28.6 Å². The number of rotatable bonds is 6. The molecule has 48 heavy (non-hydrogen) atoms. The lowest BCUT2D eigenvalue weighted by molar-refractivity contribution is -0.201. The summed E-state index contributed by atoms with van der Waals surface area (Å²) in [5.41, 5.74) is -0.841. The lowest BCUT2D eigenvalue weighted by Gasteiger charge is -2.52. The first-order valence-corrected chi connectivity index (χ1v) is 24.6. The number of carbonyl (C=O) groups is 2. The Labute approximate surface area is 295 Å². The molecule has 0 amide bonds. The Morgan fingerprint density at radius 1 is 0.625 bits per heavy atom. The van der Waals surface area contributed by atoms with E-state index in [1.54, 1.807) is 0 Å². The van der Waals surface area contributed by atoms with Crippen LogP contribution in [0.15, 0.2) is 0 Å². The molecule has 3 fully saturated rings. The Morgan fingerprint density at radius 2 is 0.938 bits per heavy atom. The van der Waals surface area contributed by atoms with Crippen LogP contribution in [-0.4, -0.2) is 77.4 Å². The van der Waals surface area contributed by atoms with Crippen molar-refractivity contribution in [2.24, 2.45) is 10.8 Å². The van der Waals surface area contributed by atoms with Gasteiger partial charge in [-0.2, -0.15) is 0 Å². The minimum Gasteiger partial charge on any atom is -0.462 e. The molecular weight excluding hydrogens is 641 g/mol. The lowest BCUT2D eigenvalue weighted by Crippen LogP contribution is -2.57. The van der Waals surface area contributed by atoms with Crippen molar-refractivity contribution < 1.29 is 37.4 Å². The molecule has 0 radical (unpaired) electrons. The van der Waals surface area contributed by atoms with Crippen LogP contribution in [-0.2, 0) is 37.4 Å². The number of ether oxygens (including phenoxy) is 4. The van der Waals surface area contributed by atoms with E-state index >= 15 is 0 Å². The SMILES string of the molecule is CC[C@@H]1C[C@@H]2C[C@H](O[Si](C)(C)C(C)(C)C)C(C)(C)[C@H](CC(=O)O[C@H](CC)C[C@@H]3C[C@H](O[Si](C)(C)C(C)(C)C)C(C)(C)[C@H](CC(=O)O1)O3)O2. The number of esters is 2. The van der Waals surface area contributed by atoms with Gasteiger partial charge in [-0.1, -0.05) is 83.1 Å². The Balaban J connectivity index is 1.97. The van der Waals surface area contributed by atoms with Gasteiger partial charge in [0.15, 0.2) is 16.6 Å². The molecule has 0 aromatic carbocycles. The van der Waals surface area contributed by atoms with Crippen molar-refractivity contribution in [3.8, 4) is 0 Å². The highest BCUT2D eigenvalue weighted by atomic mass is 28.4. The van der Waals surface area contributed by atoms with E-state index in [0.717, 1.165) is 0 Å². The monoisotopic (exact) mass is 712 g/mol. The van der Waals surface area contributed by atoms with E-state index < -0.39 is 39.7 Å². The first-order valence-electron chi connectivity index (χ1n) is 18.8. The largest absolute Gasteiger partial charge is 0.462 e. The molecule has 10 heteroatoms. The van der Waals surface area contributed by atoms with Crippen molar-refractivity contribution in [1.82, 2.24) is 0 Å². The standard InChI is InChI=1S/C38H72O8Si2/c1-17-25-19-27-21-31(45-47(13,14)35(3,4)5)38(11,12)30(41-27)24-34(40)44-26(18-2)20-28-22-32(46-48(15,16)36(6,7)8)37(9,10)29(42-28)23-33(39)43-25/h25-32H,17-24H2,1-16H3/t25-,26-,27-,28-,29+,30+,31+,32+/m1/s1. The Kier molecular flexibility index (Phi) is 13.1. The van der Waals surface area contributed by atoms with Crippen molar-refractivity contribution in [2.75, 3.05) is 0 Å². The molecule has 4 bridgehead atoms. The third kappa shape index (κ3) is 9.75. The van der Waals surface area contributed by atoms with Crippen LogP contribution in [0.5, 0.6) is 0 Å². The molecule has 3 rings (SSSR count). The van der Waals surface area contributed by atoms with Gasteiger partial charge in [-0.25, -0.2) is 0 Å². The van der Waals surface area contributed by atoms with Crippen LogP contribution >= 0.6 is 0 Å². The zero-order valence-electron chi connectivity index (χ0n) is 33.5. The number of cyclic esters (lactones) is 2. The van der Waals surface area contributed by atoms with Gasteiger partial charge in [-0.3, -0.25) is 9.59 Å². The molecule has 280 valence electrons. The predicted octanol–water partition coefficient (Wildman–Crippen LogP) is 9.35. The number of hydrogen-bond donors (Lipinski definition) is 0. The molecule has 3 aliphatic rings. The molecule has 0 spiro atoms. The number of fused-ring (bicyclic) bond motifs is 4. The van der Waals surface area contributed by atoms with Gasteiger partial charge in [0.1, 0.15) is 12.2 Å². The van der Waals surface area contributed by atoms with Crippen LogP contribution in [0.1, 0.15) is 134 Å². The first-order chi connectivity index (χ1) is 21.7. The molecule has 3 saturated heterocycles. The normalized spacial score (nSPS) is 34.2. The molecule has 8 atom stereocenters. The second-order valence-electron chi connectivity index (χ2n) is 19.3. The molecule has 0 aromatic heterocycles. The van der Waals surface area contributed by atoms with E-state index in [9.17, 15) is 9.59 Å². The third-order valence-corrected chi connectivity index (χ3v) is 21.7. The minimum absolute atomic E-state index is 0.0392. The summed E-state index contributed by atoms with van der Waals surface area (Å²) >= 11 is 0. The van der Waals surface area contributed by atoms with Crippen LogP contribution in [0.4, 0.5) is 0 Å². The zero-order valence-corrected chi connectivity index (χ0v) is 35.5. The van der Waals surface area contributed by atoms with E-state index in [2.05, 4.69) is 95.4 Å². The van der Waals surface area contributed by atoms with Gasteiger partial charge in [0.25, 0.3) is 0 Å². The van der Waals surface area contributed by atoms with Crippen LogP contribution in [0, 0.1) is 10.8 Å². The van der Waals surface area contributed by atoms with Gasteiger partial charge in [0, 0.05) is 23.7 Å². The van der Waals surface area contributed by atoms with Crippen molar-refractivity contribution in [3.05, 3.63) is 0 Å². The highest BCUT2D eigenvalue weighted by Crippen LogP contribution is 2.48. The summed E-state index contributed by atoms with van der Waals surface area (Å²) in [7, 11) is -4.27. The molecule has 3 aliphatic heterocycles. The summed E-state index contributed by atoms with van der Waals surface area (Å²) in [5.74, 6) is -0.502. The van der Waals surface area contributed by atoms with Crippen LogP contribution in [0.2, 0.25) is 36.3 Å². The molecule has 3 heterocycles. The molecular formula is C38H72O8Si2. The van der Waals surface area contributed by atoms with E-state index in [1.165, 1.54) is 0 Å². The average Bonchev–Trinajstić information content (AvgIpc) is 2.91. The summed E-state index contributed by atoms with van der Waals surface area (Å²) < 4.78 is 40.1. The first kappa shape index (κ1) is 41.6. The van der Waals surface area contributed by atoms with E-state index in [4.69, 9.17) is 27.8 Å². The van der Waals surface area contributed by atoms with Gasteiger partial charge in [0.05, 0.1) is 49.5 Å². The summed E-state index contributed by atoms with van der Waals surface area (Å²) in [4.78, 5) is 27.4. The number of carbonyl (C=O) groups excluding carboxylic acids is 2. The van der Waals surface area contributed by atoms with Gasteiger partial charge in [0.2, 0.25) is 0 Å². The van der Waals surface area contributed by atoms with Gasteiger partial charge < -0.3 is 27.8 Å². The zero-order chi connectivity index (χ0) is 36.7. The Bertz CT molecular complexity index is 1020. The fourth-order valence-electron chi connectivity index (χ4n) is 6.77. The molecule has 0 N–H and O–H groups in total. The van der Waals surface area contributed by atoms with Gasteiger partial charge in [-0.15, -0.1) is 0 Å². The maximum Gasteiger partial charge on any atom is 0.308 e. The second-order valence-corrected chi connectivity index (χ2v) is 28.8. The Morgan fingerprint density at radius 3 is 1.21 bits per heavy atom. The third-order valence-electron chi connectivity index (χ3n) is 12.7. The van der Waals surface area contributed by atoms with Gasteiger partial charge >= 0.3 is 11.9 Å². The van der Waals surface area contributed by atoms with Crippen molar-refractivity contribution in [2.45, 2.75) is 220 Å². The second kappa shape index (κ2) is 15.1.